The summed E-state index contributed by atoms with van der Waals surface area (Å²) in [4.78, 5) is 12.3. The van der Waals surface area contributed by atoms with Crippen molar-refractivity contribution in [3.63, 3.8) is 0 Å². The van der Waals surface area contributed by atoms with Crippen LogP contribution >= 0.6 is 0 Å². The Hall–Kier alpha value is -3.13. The molecule has 0 saturated carbocycles. The molecule has 0 saturated heterocycles. The van der Waals surface area contributed by atoms with E-state index in [1.165, 1.54) is 44.9 Å². The Morgan fingerprint density at radius 3 is 2.54 bits per heavy atom. The van der Waals surface area contributed by atoms with E-state index in [-0.39, 0.29) is 21.8 Å². The van der Waals surface area contributed by atoms with Crippen LogP contribution < -0.4 is 4.74 Å². The highest BCUT2D eigenvalue weighted by Crippen LogP contribution is 2.37. The van der Waals surface area contributed by atoms with Gasteiger partial charge < -0.3 is 13.9 Å². The minimum Gasteiger partial charge on any atom is -0.495 e. The van der Waals surface area contributed by atoms with Crippen LogP contribution in [0.25, 0.3) is 11.1 Å². The van der Waals surface area contributed by atoms with Crippen molar-refractivity contribution in [2.24, 2.45) is 0 Å². The summed E-state index contributed by atoms with van der Waals surface area (Å²) in [5.74, 6) is -1.77. The lowest BCUT2D eigenvalue weighted by Gasteiger charge is -2.16. The van der Waals surface area contributed by atoms with Gasteiger partial charge in [0.25, 0.3) is 0 Å². The molecule has 0 atom stereocenters. The van der Waals surface area contributed by atoms with E-state index in [0.717, 1.165) is 12.1 Å². The number of esters is 1. The molecule has 146 valence electrons. The van der Waals surface area contributed by atoms with Crippen LogP contribution in [0.2, 0.25) is 0 Å². The van der Waals surface area contributed by atoms with E-state index in [1.54, 1.807) is 12.1 Å². The normalized spacial score (nSPS) is 11.2. The fraction of sp³-hybridized carbons (Fsp3) is 0.150. The van der Waals surface area contributed by atoms with Crippen molar-refractivity contribution in [3.8, 4) is 16.9 Å². The fourth-order valence-corrected chi connectivity index (χ4v) is 4.27. The summed E-state index contributed by atoms with van der Waals surface area (Å²) in [5.41, 5.74) is 1.37. The summed E-state index contributed by atoms with van der Waals surface area (Å²) < 4.78 is 54.3. The van der Waals surface area contributed by atoms with E-state index >= 15 is 0 Å². The van der Waals surface area contributed by atoms with Gasteiger partial charge in [0.05, 0.1) is 37.4 Å². The molecule has 0 bridgehead atoms. The molecule has 6 nitrogen and oxygen atoms in total. The first kappa shape index (κ1) is 19.6. The Balaban J connectivity index is 2.14. The van der Waals surface area contributed by atoms with Crippen LogP contribution in [-0.2, 0) is 20.3 Å². The van der Waals surface area contributed by atoms with E-state index in [4.69, 9.17) is 13.9 Å². The summed E-state index contributed by atoms with van der Waals surface area (Å²) in [7, 11) is -1.35. The van der Waals surface area contributed by atoms with Crippen LogP contribution in [0.4, 0.5) is 4.39 Å². The number of methoxy groups -OCH3 is 2. The first-order valence-corrected chi connectivity index (χ1v) is 9.81. The Bertz CT molecular complexity index is 1100. The molecule has 0 aliphatic carbocycles. The molecule has 0 aliphatic rings. The van der Waals surface area contributed by atoms with Gasteiger partial charge in [-0.15, -0.1) is 0 Å². The van der Waals surface area contributed by atoms with Crippen molar-refractivity contribution in [3.05, 3.63) is 71.9 Å². The zero-order valence-corrected chi connectivity index (χ0v) is 16.0. The molecule has 0 fully saturated rings. The first-order chi connectivity index (χ1) is 13.4. The van der Waals surface area contributed by atoms with Crippen molar-refractivity contribution in [1.82, 2.24) is 0 Å². The van der Waals surface area contributed by atoms with Crippen LogP contribution in [0.15, 0.2) is 64.3 Å². The lowest BCUT2D eigenvalue weighted by Crippen LogP contribution is -2.13. The van der Waals surface area contributed by atoms with Crippen LogP contribution in [-0.4, -0.2) is 28.6 Å². The molecule has 28 heavy (non-hydrogen) atoms. The predicted molar refractivity (Wildman–Crippen MR) is 99.3 cm³/mol. The van der Waals surface area contributed by atoms with Gasteiger partial charge in [-0.2, -0.15) is 0 Å². The van der Waals surface area contributed by atoms with Gasteiger partial charge in [0.15, 0.2) is 9.84 Å². The van der Waals surface area contributed by atoms with Crippen molar-refractivity contribution >= 4 is 15.8 Å². The maximum atomic E-state index is 13.5. The van der Waals surface area contributed by atoms with Crippen LogP contribution in [0.1, 0.15) is 15.9 Å². The highest BCUT2D eigenvalue weighted by Gasteiger charge is 2.26. The number of hydrogen-bond acceptors (Lipinski definition) is 6. The zero-order valence-electron chi connectivity index (χ0n) is 15.1. The number of ether oxygens (including phenoxy) is 2. The van der Waals surface area contributed by atoms with E-state index in [9.17, 15) is 17.6 Å². The smallest absolute Gasteiger partial charge is 0.341 e. The van der Waals surface area contributed by atoms with Gasteiger partial charge in [0.1, 0.15) is 17.1 Å². The minimum atomic E-state index is -3.91. The predicted octanol–water partition coefficient (Wildman–Crippen LogP) is 3.85. The largest absolute Gasteiger partial charge is 0.495 e. The van der Waals surface area contributed by atoms with E-state index < -0.39 is 27.4 Å². The third kappa shape index (κ3) is 3.77. The van der Waals surface area contributed by atoms with Gasteiger partial charge in [-0.1, -0.05) is 18.2 Å². The number of sulfone groups is 1. The molecule has 0 unspecified atom stereocenters. The number of carbonyl (C=O) groups is 1. The molecule has 0 N–H and O–H groups in total. The molecule has 0 spiro atoms. The topological polar surface area (TPSA) is 82.8 Å². The monoisotopic (exact) mass is 404 g/mol. The Labute approximate surface area is 161 Å². The fourth-order valence-electron chi connectivity index (χ4n) is 2.88. The number of halogens is 1. The van der Waals surface area contributed by atoms with Crippen molar-refractivity contribution in [1.29, 1.82) is 0 Å². The number of rotatable bonds is 6. The molecule has 0 aliphatic heterocycles. The average Bonchev–Trinajstić information content (AvgIpc) is 3.21. The average molecular weight is 404 g/mol. The van der Waals surface area contributed by atoms with Gasteiger partial charge in [-0.3, -0.25) is 0 Å². The van der Waals surface area contributed by atoms with E-state index in [0.29, 0.717) is 11.1 Å². The summed E-state index contributed by atoms with van der Waals surface area (Å²) in [5, 5.41) is 0. The Morgan fingerprint density at radius 1 is 1.14 bits per heavy atom. The van der Waals surface area contributed by atoms with E-state index in [1.807, 2.05) is 0 Å². The Kier molecular flexibility index (Phi) is 5.51. The molecule has 1 heterocycles. The second-order valence-corrected chi connectivity index (χ2v) is 7.89. The van der Waals surface area contributed by atoms with Crippen LogP contribution in [0, 0.1) is 5.82 Å². The molecule has 0 amide bonds. The summed E-state index contributed by atoms with van der Waals surface area (Å²) in [6.45, 7) is 0. The van der Waals surface area contributed by atoms with Gasteiger partial charge in [0.2, 0.25) is 0 Å². The maximum absolute atomic E-state index is 13.5. The Morgan fingerprint density at radius 2 is 1.93 bits per heavy atom. The molecular weight excluding hydrogens is 387 g/mol. The van der Waals surface area contributed by atoms with Crippen LogP contribution in [0.5, 0.6) is 5.75 Å². The molecule has 3 aromatic rings. The standard InChI is InChI=1S/C20H17FO6S/c1-25-19-17(13-8-9-27-11-13)7-6-14(18(19)20(22)26-2)12-28(23,24)16-5-3-4-15(21)10-16/h3-11H,12H2,1-2H3. The molecule has 3 rings (SSSR count). The molecule has 8 heteroatoms. The quantitative estimate of drug-likeness (QED) is 0.581. The lowest BCUT2D eigenvalue weighted by molar-refractivity contribution is 0.0596. The molecule has 0 radical (unpaired) electrons. The van der Waals surface area contributed by atoms with Crippen molar-refractivity contribution in [2.45, 2.75) is 10.6 Å². The molecule has 2 aromatic carbocycles. The molecule has 1 aromatic heterocycles. The van der Waals surface area contributed by atoms with Crippen LogP contribution in [0.3, 0.4) is 0 Å². The number of carbonyl (C=O) groups excluding carboxylic acids is 1. The second kappa shape index (κ2) is 7.85. The lowest BCUT2D eigenvalue weighted by atomic mass is 9.99. The van der Waals surface area contributed by atoms with E-state index in [2.05, 4.69) is 0 Å². The third-order valence-electron chi connectivity index (χ3n) is 4.17. The van der Waals surface area contributed by atoms with Crippen molar-refractivity contribution < 1.29 is 31.5 Å². The number of furan rings is 1. The maximum Gasteiger partial charge on any atom is 0.341 e. The van der Waals surface area contributed by atoms with Gasteiger partial charge in [-0.05, 0) is 29.8 Å². The van der Waals surface area contributed by atoms with Gasteiger partial charge in [0, 0.05) is 11.1 Å². The highest BCUT2D eigenvalue weighted by atomic mass is 32.2. The van der Waals surface area contributed by atoms with Gasteiger partial charge >= 0.3 is 5.97 Å². The number of hydrogen-bond donors (Lipinski definition) is 0. The summed E-state index contributed by atoms with van der Waals surface area (Å²) >= 11 is 0. The first-order valence-electron chi connectivity index (χ1n) is 8.16. The highest BCUT2D eigenvalue weighted by molar-refractivity contribution is 7.90. The zero-order chi connectivity index (χ0) is 20.3. The minimum absolute atomic E-state index is 0.0105. The van der Waals surface area contributed by atoms with Gasteiger partial charge in [-0.25, -0.2) is 17.6 Å². The number of benzene rings is 2. The second-order valence-electron chi connectivity index (χ2n) is 5.90. The molecular formula is C20H17FO6S. The summed E-state index contributed by atoms with van der Waals surface area (Å²) in [6.07, 6.45) is 2.94. The SMILES string of the molecule is COC(=O)c1c(CS(=O)(=O)c2cccc(F)c2)ccc(-c2ccoc2)c1OC. The third-order valence-corrected chi connectivity index (χ3v) is 5.83. The van der Waals surface area contributed by atoms with Crippen molar-refractivity contribution in [2.75, 3.05) is 14.2 Å². The summed E-state index contributed by atoms with van der Waals surface area (Å²) in [6, 6.07) is 9.52.